The molecular formula is C8H12O3S. The summed E-state index contributed by atoms with van der Waals surface area (Å²) >= 11 is 0. The van der Waals surface area contributed by atoms with Gasteiger partial charge in [-0.05, 0) is 13.3 Å². The molecular weight excluding hydrogens is 176 g/mol. The molecule has 0 aromatic carbocycles. The Hall–Kier alpha value is -0.640. The van der Waals surface area contributed by atoms with E-state index in [1.807, 2.05) is 12.2 Å². The van der Waals surface area contributed by atoms with Crippen LogP contribution < -0.4 is 0 Å². The van der Waals surface area contributed by atoms with E-state index in [1.54, 1.807) is 6.92 Å². The average molecular weight is 188 g/mol. The summed E-state index contributed by atoms with van der Waals surface area (Å²) in [5.41, 5.74) is 0. The molecule has 1 aliphatic heterocycles. The molecule has 0 aromatic rings. The predicted octanol–water partition coefficient (Wildman–Crippen LogP) is 0.627. The summed E-state index contributed by atoms with van der Waals surface area (Å²) in [6.45, 7) is 1.68. The summed E-state index contributed by atoms with van der Waals surface area (Å²) in [6.07, 6.45) is 4.21. The van der Waals surface area contributed by atoms with Crippen LogP contribution in [-0.4, -0.2) is 27.8 Å². The van der Waals surface area contributed by atoms with Gasteiger partial charge >= 0.3 is 5.97 Å². The third kappa shape index (κ3) is 1.43. The standard InChI is InChI=1S/C8H12O3S/c1-8(7(9)11-2)5-3-4-6-12(8)10/h3-4H,5-6H2,1-2H3/t8-,12+/m0/s1. The maximum atomic E-state index is 11.5. The summed E-state index contributed by atoms with van der Waals surface area (Å²) in [5.74, 6) is 0.0659. The van der Waals surface area contributed by atoms with Crippen LogP contribution >= 0.6 is 0 Å². The fraction of sp³-hybridized carbons (Fsp3) is 0.625. The molecule has 0 amide bonds. The van der Waals surface area contributed by atoms with Crippen LogP contribution in [0.1, 0.15) is 13.3 Å². The Morgan fingerprint density at radius 2 is 2.25 bits per heavy atom. The van der Waals surface area contributed by atoms with E-state index in [4.69, 9.17) is 0 Å². The highest BCUT2D eigenvalue weighted by molar-refractivity contribution is 7.87. The van der Waals surface area contributed by atoms with Crippen molar-refractivity contribution in [2.45, 2.75) is 18.1 Å². The Bertz CT molecular complexity index is 247. The molecule has 0 unspecified atom stereocenters. The third-order valence-electron chi connectivity index (χ3n) is 2.04. The van der Waals surface area contributed by atoms with Crippen molar-refractivity contribution in [2.24, 2.45) is 0 Å². The maximum Gasteiger partial charge on any atom is 0.324 e. The molecule has 1 aliphatic rings. The molecule has 0 aliphatic carbocycles. The van der Waals surface area contributed by atoms with Crippen molar-refractivity contribution in [3.63, 3.8) is 0 Å². The highest BCUT2D eigenvalue weighted by atomic mass is 32.2. The highest BCUT2D eigenvalue weighted by Crippen LogP contribution is 2.24. The lowest BCUT2D eigenvalue weighted by atomic mass is 10.1. The lowest BCUT2D eigenvalue weighted by Gasteiger charge is -2.26. The first-order chi connectivity index (χ1) is 5.61. The minimum absolute atomic E-state index is 0.384. The van der Waals surface area contributed by atoms with Crippen molar-refractivity contribution in [3.05, 3.63) is 12.2 Å². The van der Waals surface area contributed by atoms with E-state index in [-0.39, 0.29) is 5.97 Å². The van der Waals surface area contributed by atoms with Crippen LogP contribution in [0.3, 0.4) is 0 Å². The van der Waals surface area contributed by atoms with E-state index >= 15 is 0 Å². The number of rotatable bonds is 1. The molecule has 0 N–H and O–H groups in total. The SMILES string of the molecule is COC(=O)[C@]1(C)CC=CC[S@]1=O. The monoisotopic (exact) mass is 188 g/mol. The summed E-state index contributed by atoms with van der Waals surface area (Å²) in [7, 11) is 0.188. The molecule has 0 bridgehead atoms. The molecule has 0 saturated carbocycles. The van der Waals surface area contributed by atoms with Gasteiger partial charge in [-0.1, -0.05) is 12.2 Å². The summed E-state index contributed by atoms with van der Waals surface area (Å²) in [4.78, 5) is 11.2. The van der Waals surface area contributed by atoms with E-state index in [0.29, 0.717) is 12.2 Å². The second kappa shape index (κ2) is 3.39. The topological polar surface area (TPSA) is 43.4 Å². The molecule has 1 heterocycles. The lowest BCUT2D eigenvalue weighted by molar-refractivity contribution is -0.143. The number of allylic oxidation sites excluding steroid dienone is 1. The zero-order chi connectivity index (χ0) is 9.19. The van der Waals surface area contributed by atoms with Gasteiger partial charge in [0, 0.05) is 16.6 Å². The number of hydrogen-bond donors (Lipinski definition) is 0. The third-order valence-corrected chi connectivity index (χ3v) is 3.87. The van der Waals surface area contributed by atoms with Crippen LogP contribution in [-0.2, 0) is 20.3 Å². The summed E-state index contributed by atoms with van der Waals surface area (Å²) < 4.78 is 15.2. The Labute approximate surface area is 74.2 Å². The van der Waals surface area contributed by atoms with E-state index in [1.165, 1.54) is 7.11 Å². The van der Waals surface area contributed by atoms with Crippen molar-refractivity contribution in [3.8, 4) is 0 Å². The molecule has 0 aromatic heterocycles. The van der Waals surface area contributed by atoms with Crippen molar-refractivity contribution in [2.75, 3.05) is 12.9 Å². The van der Waals surface area contributed by atoms with Gasteiger partial charge in [0.1, 0.15) is 4.75 Å². The Morgan fingerprint density at radius 1 is 1.58 bits per heavy atom. The minimum atomic E-state index is -1.13. The van der Waals surface area contributed by atoms with Crippen LogP contribution in [0.5, 0.6) is 0 Å². The van der Waals surface area contributed by atoms with Gasteiger partial charge in [-0.15, -0.1) is 0 Å². The van der Waals surface area contributed by atoms with E-state index < -0.39 is 15.5 Å². The summed E-state index contributed by atoms with van der Waals surface area (Å²) in [5, 5.41) is 0. The maximum absolute atomic E-state index is 11.5. The molecule has 0 radical (unpaired) electrons. The van der Waals surface area contributed by atoms with Crippen LogP contribution in [0.15, 0.2) is 12.2 Å². The molecule has 3 nitrogen and oxygen atoms in total. The summed E-state index contributed by atoms with van der Waals surface area (Å²) in [6, 6.07) is 0. The van der Waals surface area contributed by atoms with Gasteiger partial charge in [0.25, 0.3) is 0 Å². The molecule has 0 fully saturated rings. The first-order valence-electron chi connectivity index (χ1n) is 3.73. The number of ether oxygens (including phenoxy) is 1. The number of methoxy groups -OCH3 is 1. The van der Waals surface area contributed by atoms with Gasteiger partial charge in [0.15, 0.2) is 0 Å². The second-order valence-corrected chi connectivity index (χ2v) is 4.84. The first kappa shape index (κ1) is 9.45. The number of esters is 1. The van der Waals surface area contributed by atoms with Gasteiger partial charge in [0.2, 0.25) is 0 Å². The normalized spacial score (nSPS) is 34.7. The van der Waals surface area contributed by atoms with Crippen molar-refractivity contribution >= 4 is 16.8 Å². The molecule has 2 atom stereocenters. The fourth-order valence-corrected chi connectivity index (χ4v) is 2.36. The highest BCUT2D eigenvalue weighted by Gasteiger charge is 2.40. The fourth-order valence-electron chi connectivity index (χ4n) is 1.13. The average Bonchev–Trinajstić information content (AvgIpc) is 2.09. The molecule has 68 valence electrons. The van der Waals surface area contributed by atoms with Crippen molar-refractivity contribution < 1.29 is 13.7 Å². The minimum Gasteiger partial charge on any atom is -0.468 e. The lowest BCUT2D eigenvalue weighted by Crippen LogP contribution is -2.42. The quantitative estimate of drug-likeness (QED) is 0.447. The van der Waals surface area contributed by atoms with Gasteiger partial charge in [-0.2, -0.15) is 0 Å². The molecule has 4 heteroatoms. The van der Waals surface area contributed by atoms with E-state index in [2.05, 4.69) is 4.74 Å². The molecule has 12 heavy (non-hydrogen) atoms. The van der Waals surface area contributed by atoms with Gasteiger partial charge in [0.05, 0.1) is 7.11 Å². The predicted molar refractivity (Wildman–Crippen MR) is 47.2 cm³/mol. The Morgan fingerprint density at radius 3 is 2.75 bits per heavy atom. The molecule has 0 spiro atoms. The Balaban J connectivity index is 2.89. The van der Waals surface area contributed by atoms with E-state index in [9.17, 15) is 9.00 Å². The molecule has 0 saturated heterocycles. The molecule has 1 rings (SSSR count). The van der Waals surface area contributed by atoms with Crippen molar-refractivity contribution in [1.82, 2.24) is 0 Å². The Kier molecular flexibility index (Phi) is 2.67. The number of carbonyl (C=O) groups excluding carboxylic acids is 1. The number of hydrogen-bond acceptors (Lipinski definition) is 3. The number of carbonyl (C=O) groups is 1. The van der Waals surface area contributed by atoms with E-state index in [0.717, 1.165) is 0 Å². The smallest absolute Gasteiger partial charge is 0.324 e. The van der Waals surface area contributed by atoms with Crippen LogP contribution in [0.4, 0.5) is 0 Å². The van der Waals surface area contributed by atoms with Gasteiger partial charge in [-0.25, -0.2) is 0 Å². The van der Waals surface area contributed by atoms with Gasteiger partial charge < -0.3 is 4.74 Å². The zero-order valence-electron chi connectivity index (χ0n) is 7.20. The van der Waals surface area contributed by atoms with Crippen LogP contribution in [0, 0.1) is 0 Å². The zero-order valence-corrected chi connectivity index (χ0v) is 8.02. The van der Waals surface area contributed by atoms with Crippen LogP contribution in [0.2, 0.25) is 0 Å². The second-order valence-electron chi connectivity index (χ2n) is 2.91. The largest absolute Gasteiger partial charge is 0.468 e. The van der Waals surface area contributed by atoms with Gasteiger partial charge in [-0.3, -0.25) is 9.00 Å². The van der Waals surface area contributed by atoms with Crippen LogP contribution in [0.25, 0.3) is 0 Å². The van der Waals surface area contributed by atoms with Crippen molar-refractivity contribution in [1.29, 1.82) is 0 Å². The first-order valence-corrected chi connectivity index (χ1v) is 5.05.